The zero-order chi connectivity index (χ0) is 23.3. The summed E-state index contributed by atoms with van der Waals surface area (Å²) in [7, 11) is -0.828. The molecule has 1 amide bonds. The second kappa shape index (κ2) is 10.0. The first-order valence-electron chi connectivity index (χ1n) is 10.2. The molecule has 32 heavy (non-hydrogen) atoms. The Morgan fingerprint density at radius 1 is 1.09 bits per heavy atom. The average molecular weight is 462 g/mol. The molecule has 1 saturated heterocycles. The van der Waals surface area contributed by atoms with Gasteiger partial charge in [0.1, 0.15) is 12.4 Å². The molecule has 1 fully saturated rings. The number of ether oxygens (including phenoxy) is 2. The van der Waals surface area contributed by atoms with Gasteiger partial charge in [-0.3, -0.25) is 4.79 Å². The Balaban J connectivity index is 1.83. The minimum atomic E-state index is -3.71. The van der Waals surface area contributed by atoms with Gasteiger partial charge in [-0.1, -0.05) is 12.1 Å². The van der Waals surface area contributed by atoms with Gasteiger partial charge in [-0.2, -0.15) is 0 Å². The van der Waals surface area contributed by atoms with E-state index in [1.54, 1.807) is 30.3 Å². The number of hydrogen-bond acceptors (Lipinski definition) is 7. The third-order valence-corrected chi connectivity index (χ3v) is 6.87. The maximum Gasteiger partial charge on any atom is 0.340 e. The summed E-state index contributed by atoms with van der Waals surface area (Å²) in [6, 6.07) is 11.3. The lowest BCUT2D eigenvalue weighted by atomic mass is 10.1. The van der Waals surface area contributed by atoms with E-state index in [0.717, 1.165) is 30.2 Å². The van der Waals surface area contributed by atoms with Crippen molar-refractivity contribution in [2.24, 2.45) is 5.73 Å². The maximum absolute atomic E-state index is 13.0. The molecule has 3 rings (SSSR count). The van der Waals surface area contributed by atoms with Gasteiger partial charge in [-0.25, -0.2) is 17.5 Å². The fraction of sp³-hybridized carbons (Fsp3) is 0.364. The molecule has 0 radical (unpaired) electrons. The van der Waals surface area contributed by atoms with Gasteiger partial charge >= 0.3 is 5.97 Å². The molecule has 2 aromatic rings. The highest BCUT2D eigenvalue weighted by molar-refractivity contribution is 7.89. The van der Waals surface area contributed by atoms with E-state index < -0.39 is 21.9 Å². The number of carbonyl (C=O) groups is 2. The topological polar surface area (TPSA) is 119 Å². The summed E-state index contributed by atoms with van der Waals surface area (Å²) in [5.41, 5.74) is 6.60. The van der Waals surface area contributed by atoms with E-state index in [-0.39, 0.29) is 23.7 Å². The molecule has 1 heterocycles. The van der Waals surface area contributed by atoms with Gasteiger partial charge in [0.2, 0.25) is 10.0 Å². The van der Waals surface area contributed by atoms with Crippen LogP contribution in [0.5, 0.6) is 5.75 Å². The fourth-order valence-electron chi connectivity index (χ4n) is 3.39. The quantitative estimate of drug-likeness (QED) is 0.565. The van der Waals surface area contributed by atoms with E-state index in [0.29, 0.717) is 17.0 Å². The minimum absolute atomic E-state index is 0.0271. The van der Waals surface area contributed by atoms with Crippen LogP contribution < -0.4 is 15.4 Å². The lowest BCUT2D eigenvalue weighted by Crippen LogP contribution is -2.24. The average Bonchev–Trinajstić information content (AvgIpc) is 3.30. The zero-order valence-corrected chi connectivity index (χ0v) is 18.9. The Hall–Kier alpha value is -3.11. The molecule has 1 aliphatic rings. The van der Waals surface area contributed by atoms with Crippen molar-refractivity contribution in [2.75, 3.05) is 38.7 Å². The second-order valence-electron chi connectivity index (χ2n) is 7.64. The van der Waals surface area contributed by atoms with Crippen molar-refractivity contribution in [1.29, 1.82) is 0 Å². The van der Waals surface area contributed by atoms with E-state index in [9.17, 15) is 18.0 Å². The summed E-state index contributed by atoms with van der Waals surface area (Å²) in [6.07, 6.45) is 2.01. The number of anilines is 1. The summed E-state index contributed by atoms with van der Waals surface area (Å²) in [6.45, 7) is 1.28. The Labute approximate surface area is 187 Å². The molecule has 0 saturated carbocycles. The Morgan fingerprint density at radius 2 is 1.81 bits per heavy atom. The number of sulfonamides is 1. The fourth-order valence-corrected chi connectivity index (χ4v) is 4.32. The van der Waals surface area contributed by atoms with E-state index in [1.807, 2.05) is 0 Å². The first-order valence-corrected chi connectivity index (χ1v) is 11.6. The van der Waals surface area contributed by atoms with Crippen molar-refractivity contribution in [2.45, 2.75) is 24.3 Å². The first kappa shape index (κ1) is 23.6. The minimum Gasteiger partial charge on any atom is -0.484 e. The summed E-state index contributed by atoms with van der Waals surface area (Å²) in [5, 5.41) is 0. The predicted molar refractivity (Wildman–Crippen MR) is 119 cm³/mol. The van der Waals surface area contributed by atoms with Gasteiger partial charge in [0.15, 0.2) is 6.61 Å². The lowest BCUT2D eigenvalue weighted by molar-refractivity contribution is -0.119. The number of carbonyl (C=O) groups excluding carboxylic acids is 2. The van der Waals surface area contributed by atoms with Crippen LogP contribution in [-0.4, -0.2) is 58.4 Å². The maximum atomic E-state index is 13.0. The van der Waals surface area contributed by atoms with Gasteiger partial charge in [-0.05, 0) is 48.7 Å². The molecule has 2 aromatic carbocycles. The summed E-state index contributed by atoms with van der Waals surface area (Å²) < 4.78 is 37.0. The third-order valence-electron chi connectivity index (χ3n) is 5.06. The monoisotopic (exact) mass is 461 g/mol. The molecule has 0 spiro atoms. The molecule has 2 N–H and O–H groups in total. The van der Waals surface area contributed by atoms with Gasteiger partial charge in [-0.15, -0.1) is 0 Å². The SMILES string of the molecule is CN(C)S(=O)(=O)c1ccc(N2CCCC2)c(C(=O)OCc2cccc(OCC(N)=O)c2)c1. The van der Waals surface area contributed by atoms with Crippen LogP contribution >= 0.6 is 0 Å². The number of benzene rings is 2. The molecule has 0 unspecified atom stereocenters. The van der Waals surface area contributed by atoms with Gasteiger partial charge in [0.05, 0.1) is 16.1 Å². The molecule has 1 aliphatic heterocycles. The van der Waals surface area contributed by atoms with Crippen LogP contribution in [0.15, 0.2) is 47.4 Å². The molecule has 0 aliphatic carbocycles. The van der Waals surface area contributed by atoms with Crippen LogP contribution in [-0.2, 0) is 26.2 Å². The Kier molecular flexibility index (Phi) is 7.37. The molecule has 0 atom stereocenters. The van der Waals surface area contributed by atoms with Crippen LogP contribution in [0.25, 0.3) is 0 Å². The number of esters is 1. The highest BCUT2D eigenvalue weighted by Crippen LogP contribution is 2.29. The number of hydrogen-bond donors (Lipinski definition) is 1. The molecule has 172 valence electrons. The van der Waals surface area contributed by atoms with E-state index >= 15 is 0 Å². The molecule has 10 heteroatoms. The smallest absolute Gasteiger partial charge is 0.340 e. The van der Waals surface area contributed by atoms with Crippen molar-refractivity contribution >= 4 is 27.6 Å². The molecular formula is C22H27N3O6S. The second-order valence-corrected chi connectivity index (χ2v) is 9.79. The van der Waals surface area contributed by atoms with Crippen LogP contribution in [0.1, 0.15) is 28.8 Å². The number of nitrogens with zero attached hydrogens (tertiary/aromatic N) is 2. The number of rotatable bonds is 9. The molecular weight excluding hydrogens is 434 g/mol. The Morgan fingerprint density at radius 3 is 2.47 bits per heavy atom. The van der Waals surface area contributed by atoms with Crippen LogP contribution in [0, 0.1) is 0 Å². The van der Waals surface area contributed by atoms with E-state index in [4.69, 9.17) is 15.2 Å². The summed E-state index contributed by atoms with van der Waals surface area (Å²) >= 11 is 0. The lowest BCUT2D eigenvalue weighted by Gasteiger charge is -2.22. The highest BCUT2D eigenvalue weighted by Gasteiger charge is 2.25. The number of primary amides is 1. The Bertz CT molecular complexity index is 1090. The molecule has 9 nitrogen and oxygen atoms in total. The zero-order valence-electron chi connectivity index (χ0n) is 18.1. The summed E-state index contributed by atoms with van der Waals surface area (Å²) in [4.78, 5) is 26.0. The van der Waals surface area contributed by atoms with Crippen molar-refractivity contribution in [3.05, 3.63) is 53.6 Å². The molecule has 0 bridgehead atoms. The van der Waals surface area contributed by atoms with E-state index in [2.05, 4.69) is 4.90 Å². The van der Waals surface area contributed by atoms with Gasteiger partial charge < -0.3 is 20.1 Å². The standard InChI is InChI=1S/C22H27N3O6S/c1-24(2)32(28,29)18-8-9-20(25-10-3-4-11-25)19(13-18)22(27)31-14-16-6-5-7-17(12-16)30-15-21(23)26/h5-9,12-13H,3-4,10-11,14-15H2,1-2H3,(H2,23,26). The van der Waals surface area contributed by atoms with Crippen molar-refractivity contribution in [3.8, 4) is 5.75 Å². The van der Waals surface area contributed by atoms with Crippen LogP contribution in [0.2, 0.25) is 0 Å². The highest BCUT2D eigenvalue weighted by atomic mass is 32.2. The number of nitrogens with two attached hydrogens (primary N) is 1. The van der Waals surface area contributed by atoms with Crippen molar-refractivity contribution < 1.29 is 27.5 Å². The summed E-state index contributed by atoms with van der Waals surface area (Å²) in [5.74, 6) is -0.788. The normalized spacial score (nSPS) is 13.9. The van der Waals surface area contributed by atoms with Crippen molar-refractivity contribution in [3.63, 3.8) is 0 Å². The predicted octanol–water partition coefficient (Wildman–Crippen LogP) is 1.76. The third kappa shape index (κ3) is 5.57. The van der Waals surface area contributed by atoms with Gasteiger partial charge in [0.25, 0.3) is 5.91 Å². The number of amides is 1. The largest absolute Gasteiger partial charge is 0.484 e. The van der Waals surface area contributed by atoms with Crippen LogP contribution in [0.3, 0.4) is 0 Å². The molecule has 0 aromatic heterocycles. The van der Waals surface area contributed by atoms with E-state index in [1.165, 1.54) is 26.2 Å². The van der Waals surface area contributed by atoms with Crippen molar-refractivity contribution in [1.82, 2.24) is 4.31 Å². The van der Waals surface area contributed by atoms with Crippen LogP contribution in [0.4, 0.5) is 5.69 Å². The van der Waals surface area contributed by atoms with Gasteiger partial charge in [0, 0.05) is 27.2 Å². The first-order chi connectivity index (χ1) is 15.2.